The van der Waals surface area contributed by atoms with E-state index in [9.17, 15) is 0 Å². The molecular formula is C15H16ClN5S. The van der Waals surface area contributed by atoms with Gasteiger partial charge in [0, 0.05) is 16.7 Å². The molecule has 2 heterocycles. The monoisotopic (exact) mass is 333 g/mol. The number of nitrogens with two attached hydrogens (primary N) is 1. The molecule has 0 aliphatic rings. The summed E-state index contributed by atoms with van der Waals surface area (Å²) in [6.45, 7) is 5.95. The third kappa shape index (κ3) is 2.64. The summed E-state index contributed by atoms with van der Waals surface area (Å²) in [5, 5.41) is 10.2. The molecule has 3 aromatic rings. The summed E-state index contributed by atoms with van der Waals surface area (Å²) in [5.74, 6) is 7.17. The van der Waals surface area contributed by atoms with E-state index in [1.54, 1.807) is 0 Å². The second-order valence-corrected chi connectivity index (χ2v) is 6.51. The lowest BCUT2D eigenvalue weighted by molar-refractivity contribution is 0.825. The van der Waals surface area contributed by atoms with Crippen molar-refractivity contribution in [1.29, 1.82) is 0 Å². The Morgan fingerprint density at radius 2 is 2.00 bits per heavy atom. The van der Waals surface area contributed by atoms with Gasteiger partial charge in [0.1, 0.15) is 11.0 Å². The molecule has 0 bridgehead atoms. The van der Waals surface area contributed by atoms with Crippen molar-refractivity contribution in [2.45, 2.75) is 31.7 Å². The van der Waals surface area contributed by atoms with Gasteiger partial charge in [0.2, 0.25) is 5.16 Å². The van der Waals surface area contributed by atoms with Gasteiger partial charge in [-0.25, -0.2) is 9.66 Å². The van der Waals surface area contributed by atoms with Gasteiger partial charge in [0.05, 0.1) is 5.52 Å². The molecule has 0 fully saturated rings. The highest BCUT2D eigenvalue weighted by Gasteiger charge is 2.11. The average Bonchev–Trinajstić information content (AvgIpc) is 2.81. The number of rotatable bonds is 3. The lowest BCUT2D eigenvalue weighted by Crippen LogP contribution is -2.11. The van der Waals surface area contributed by atoms with Crippen molar-refractivity contribution in [1.82, 2.24) is 19.9 Å². The SMILES string of the molecule is Cc1ccc2cc(CSc3nnc(C)n3N)c(Cl)nc2c1C. The molecule has 5 nitrogen and oxygen atoms in total. The van der Waals surface area contributed by atoms with Crippen molar-refractivity contribution in [3.63, 3.8) is 0 Å². The van der Waals surface area contributed by atoms with Crippen LogP contribution in [-0.4, -0.2) is 19.9 Å². The fourth-order valence-electron chi connectivity index (χ4n) is 2.20. The van der Waals surface area contributed by atoms with E-state index in [2.05, 4.69) is 47.2 Å². The summed E-state index contributed by atoms with van der Waals surface area (Å²) in [6.07, 6.45) is 0. The zero-order valence-corrected chi connectivity index (χ0v) is 14.2. The van der Waals surface area contributed by atoms with Crippen molar-refractivity contribution in [3.05, 3.63) is 45.9 Å². The van der Waals surface area contributed by atoms with Gasteiger partial charge < -0.3 is 5.84 Å². The van der Waals surface area contributed by atoms with Crippen LogP contribution in [0.4, 0.5) is 0 Å². The van der Waals surface area contributed by atoms with Crippen LogP contribution in [0, 0.1) is 20.8 Å². The Bertz CT molecular complexity index is 859. The summed E-state index contributed by atoms with van der Waals surface area (Å²) < 4.78 is 1.47. The number of hydrogen-bond donors (Lipinski definition) is 1. The van der Waals surface area contributed by atoms with Crippen LogP contribution in [-0.2, 0) is 5.75 Å². The van der Waals surface area contributed by atoms with Gasteiger partial charge in [0.25, 0.3) is 0 Å². The summed E-state index contributed by atoms with van der Waals surface area (Å²) in [5.41, 5.74) is 4.29. The fourth-order valence-corrected chi connectivity index (χ4v) is 3.36. The minimum absolute atomic E-state index is 0.522. The Labute approximate surface area is 137 Å². The highest BCUT2D eigenvalue weighted by Crippen LogP contribution is 2.29. The van der Waals surface area contributed by atoms with E-state index < -0.39 is 0 Å². The third-order valence-electron chi connectivity index (χ3n) is 3.73. The maximum absolute atomic E-state index is 6.34. The van der Waals surface area contributed by atoms with Crippen LogP contribution >= 0.6 is 23.4 Å². The second-order valence-electron chi connectivity index (χ2n) is 5.21. The zero-order chi connectivity index (χ0) is 15.9. The fraction of sp³-hybridized carbons (Fsp3) is 0.267. The Hall–Kier alpha value is -1.79. The standard InChI is InChI=1S/C15H16ClN5S/c1-8-4-5-11-6-12(14(16)18-13(11)9(8)2)7-22-15-20-19-10(3)21(15)17/h4-6H,7,17H2,1-3H3. The van der Waals surface area contributed by atoms with Gasteiger partial charge in [-0.1, -0.05) is 35.5 Å². The van der Waals surface area contributed by atoms with Crippen LogP contribution in [0.25, 0.3) is 10.9 Å². The van der Waals surface area contributed by atoms with Crippen molar-refractivity contribution in [3.8, 4) is 0 Å². The van der Waals surface area contributed by atoms with Crippen LogP contribution in [0.15, 0.2) is 23.4 Å². The number of benzene rings is 1. The highest BCUT2D eigenvalue weighted by atomic mass is 35.5. The number of thioether (sulfide) groups is 1. The Morgan fingerprint density at radius 3 is 2.68 bits per heavy atom. The van der Waals surface area contributed by atoms with E-state index >= 15 is 0 Å². The lowest BCUT2D eigenvalue weighted by atomic mass is 10.0. The van der Waals surface area contributed by atoms with Crippen molar-refractivity contribution >= 4 is 34.3 Å². The number of nitrogen functional groups attached to an aromatic ring is 1. The van der Waals surface area contributed by atoms with Crippen LogP contribution in [0.2, 0.25) is 5.15 Å². The summed E-state index contributed by atoms with van der Waals surface area (Å²) in [6, 6.07) is 6.25. The second kappa shape index (κ2) is 5.78. The minimum atomic E-state index is 0.522. The molecule has 0 aliphatic carbocycles. The molecule has 2 aromatic heterocycles. The largest absolute Gasteiger partial charge is 0.336 e. The number of fused-ring (bicyclic) bond motifs is 1. The highest BCUT2D eigenvalue weighted by molar-refractivity contribution is 7.98. The first kappa shape index (κ1) is 15.1. The number of aryl methyl sites for hydroxylation is 3. The first-order valence-corrected chi connectivity index (χ1v) is 8.19. The minimum Gasteiger partial charge on any atom is -0.336 e. The van der Waals surface area contributed by atoms with Gasteiger partial charge in [0.15, 0.2) is 0 Å². The van der Waals surface area contributed by atoms with Gasteiger partial charge in [-0.2, -0.15) is 0 Å². The molecule has 2 N–H and O–H groups in total. The summed E-state index contributed by atoms with van der Waals surface area (Å²) in [4.78, 5) is 4.55. The molecule has 1 aromatic carbocycles. The van der Waals surface area contributed by atoms with E-state index in [0.29, 0.717) is 21.9 Å². The maximum Gasteiger partial charge on any atom is 0.210 e. The molecule has 0 saturated heterocycles. The van der Waals surface area contributed by atoms with Crippen LogP contribution in [0.5, 0.6) is 0 Å². The van der Waals surface area contributed by atoms with E-state index in [1.165, 1.54) is 22.0 Å². The number of aromatic nitrogens is 4. The first-order valence-electron chi connectivity index (χ1n) is 6.82. The molecule has 0 unspecified atom stereocenters. The topological polar surface area (TPSA) is 69.6 Å². The summed E-state index contributed by atoms with van der Waals surface area (Å²) in [7, 11) is 0. The number of halogens is 1. The molecule has 114 valence electrons. The van der Waals surface area contributed by atoms with Crippen molar-refractivity contribution < 1.29 is 0 Å². The third-order valence-corrected chi connectivity index (χ3v) is 5.05. The Morgan fingerprint density at radius 1 is 1.23 bits per heavy atom. The molecule has 0 amide bonds. The van der Waals surface area contributed by atoms with E-state index in [1.807, 2.05) is 6.92 Å². The first-order chi connectivity index (χ1) is 10.5. The number of hydrogen-bond acceptors (Lipinski definition) is 5. The molecule has 0 radical (unpaired) electrons. The summed E-state index contributed by atoms with van der Waals surface area (Å²) >= 11 is 7.83. The Kier molecular flexibility index (Phi) is 3.97. The molecule has 0 spiro atoms. The van der Waals surface area contributed by atoms with Gasteiger partial charge in [-0.15, -0.1) is 10.2 Å². The molecule has 7 heteroatoms. The van der Waals surface area contributed by atoms with Crippen molar-refractivity contribution in [2.75, 3.05) is 5.84 Å². The van der Waals surface area contributed by atoms with E-state index in [4.69, 9.17) is 17.4 Å². The lowest BCUT2D eigenvalue weighted by Gasteiger charge is -2.09. The van der Waals surface area contributed by atoms with E-state index in [0.717, 1.165) is 22.0 Å². The van der Waals surface area contributed by atoms with E-state index in [-0.39, 0.29) is 0 Å². The molecule has 0 aliphatic heterocycles. The average molecular weight is 334 g/mol. The van der Waals surface area contributed by atoms with Crippen LogP contribution < -0.4 is 5.84 Å². The number of pyridine rings is 1. The molecule has 0 atom stereocenters. The molecule has 0 saturated carbocycles. The molecular weight excluding hydrogens is 318 g/mol. The van der Waals surface area contributed by atoms with Gasteiger partial charge in [-0.3, -0.25) is 0 Å². The van der Waals surface area contributed by atoms with Gasteiger partial charge in [-0.05, 0) is 38.0 Å². The molecule has 3 rings (SSSR count). The van der Waals surface area contributed by atoms with Crippen LogP contribution in [0.1, 0.15) is 22.5 Å². The Balaban J connectivity index is 1.93. The normalized spacial score (nSPS) is 11.3. The quantitative estimate of drug-likeness (QED) is 0.452. The number of nitrogens with zero attached hydrogens (tertiary/aromatic N) is 4. The molecule has 22 heavy (non-hydrogen) atoms. The zero-order valence-electron chi connectivity index (χ0n) is 12.6. The predicted octanol–water partition coefficient (Wildman–Crippen LogP) is 3.41. The van der Waals surface area contributed by atoms with Crippen LogP contribution in [0.3, 0.4) is 0 Å². The predicted molar refractivity (Wildman–Crippen MR) is 90.7 cm³/mol. The maximum atomic E-state index is 6.34. The van der Waals surface area contributed by atoms with Gasteiger partial charge >= 0.3 is 0 Å². The smallest absolute Gasteiger partial charge is 0.210 e. The van der Waals surface area contributed by atoms with Crippen molar-refractivity contribution in [2.24, 2.45) is 0 Å².